The molecule has 2 aromatic carbocycles. The molecule has 0 unspecified atom stereocenters. The minimum atomic E-state index is -4.50. The molecular weight excluding hydrogens is 333 g/mol. The molecule has 0 aromatic heterocycles. The Morgan fingerprint density at radius 2 is 1.88 bits per heavy atom. The van der Waals surface area contributed by atoms with Gasteiger partial charge in [-0.2, -0.15) is 13.2 Å². The molecule has 4 nitrogen and oxygen atoms in total. The highest BCUT2D eigenvalue weighted by Gasteiger charge is 2.31. The lowest BCUT2D eigenvalue weighted by Gasteiger charge is -2.26. The van der Waals surface area contributed by atoms with Gasteiger partial charge in [0.15, 0.2) is 0 Å². The first-order valence-corrected chi connectivity index (χ1v) is 7.64. The molecule has 1 aliphatic heterocycles. The molecule has 0 bridgehead atoms. The lowest BCUT2D eigenvalue weighted by Crippen LogP contribution is -2.31. The van der Waals surface area contributed by atoms with Crippen LogP contribution in [0.4, 0.5) is 24.5 Å². The number of alkyl halides is 3. The number of carbonyl (C=O) groups excluding carboxylic acids is 2. The van der Waals surface area contributed by atoms with Crippen molar-refractivity contribution in [2.24, 2.45) is 0 Å². The van der Waals surface area contributed by atoms with Gasteiger partial charge in [0.05, 0.1) is 5.56 Å². The fourth-order valence-corrected chi connectivity index (χ4v) is 2.77. The lowest BCUT2D eigenvalue weighted by atomic mass is 10.0. The summed E-state index contributed by atoms with van der Waals surface area (Å²) in [5.74, 6) is -0.598. The van der Waals surface area contributed by atoms with E-state index in [1.54, 1.807) is 30.1 Å². The molecule has 3 rings (SSSR count). The zero-order chi connectivity index (χ0) is 18.2. The summed E-state index contributed by atoms with van der Waals surface area (Å²) in [7, 11) is 1.68. The van der Waals surface area contributed by atoms with Crippen LogP contribution in [0.5, 0.6) is 0 Å². The van der Waals surface area contributed by atoms with Gasteiger partial charge in [-0.1, -0.05) is 6.07 Å². The zero-order valence-electron chi connectivity index (χ0n) is 13.4. The smallest absolute Gasteiger partial charge is 0.322 e. The van der Waals surface area contributed by atoms with E-state index in [1.807, 2.05) is 0 Å². The van der Waals surface area contributed by atoms with Gasteiger partial charge in [0.2, 0.25) is 5.91 Å². The zero-order valence-corrected chi connectivity index (χ0v) is 13.4. The molecule has 1 heterocycles. The Morgan fingerprint density at radius 1 is 1.12 bits per heavy atom. The van der Waals surface area contributed by atoms with Gasteiger partial charge in [0.1, 0.15) is 0 Å². The van der Waals surface area contributed by atoms with E-state index in [1.165, 1.54) is 12.1 Å². The van der Waals surface area contributed by atoms with Gasteiger partial charge in [-0.15, -0.1) is 0 Å². The summed E-state index contributed by atoms with van der Waals surface area (Å²) in [5.41, 5.74) is 1.21. The number of benzene rings is 2. The van der Waals surface area contributed by atoms with Crippen LogP contribution in [0, 0.1) is 0 Å². The van der Waals surface area contributed by atoms with Crippen LogP contribution in [0.25, 0.3) is 0 Å². The van der Waals surface area contributed by atoms with Gasteiger partial charge < -0.3 is 10.2 Å². The van der Waals surface area contributed by atoms with Crippen LogP contribution >= 0.6 is 0 Å². The molecule has 0 spiro atoms. The topological polar surface area (TPSA) is 49.4 Å². The summed E-state index contributed by atoms with van der Waals surface area (Å²) in [6.45, 7) is 0. The third-order valence-electron chi connectivity index (χ3n) is 4.13. The van der Waals surface area contributed by atoms with Crippen LogP contribution in [0.1, 0.15) is 27.9 Å². The summed E-state index contributed by atoms with van der Waals surface area (Å²) in [6, 6.07) is 9.35. The monoisotopic (exact) mass is 348 g/mol. The normalized spacial score (nSPS) is 14.2. The molecule has 0 radical (unpaired) electrons. The first-order chi connectivity index (χ1) is 11.8. The van der Waals surface area contributed by atoms with Crippen molar-refractivity contribution in [3.63, 3.8) is 0 Å². The number of hydrogen-bond acceptors (Lipinski definition) is 2. The van der Waals surface area contributed by atoms with Crippen molar-refractivity contribution >= 4 is 23.2 Å². The van der Waals surface area contributed by atoms with Crippen molar-refractivity contribution in [3.05, 3.63) is 59.2 Å². The average molecular weight is 348 g/mol. The van der Waals surface area contributed by atoms with Crippen molar-refractivity contribution < 1.29 is 22.8 Å². The number of amides is 2. The SMILES string of the molecule is CN1C(=O)CCc2cc(NC(=O)c3cccc(C(F)(F)F)c3)ccc21. The van der Waals surface area contributed by atoms with Gasteiger partial charge in [0, 0.05) is 30.4 Å². The number of anilines is 2. The van der Waals surface area contributed by atoms with E-state index < -0.39 is 17.6 Å². The molecule has 130 valence electrons. The standard InChI is InChI=1S/C18H15F3N2O2/c1-23-15-7-6-14(10-11(15)5-8-16(23)24)22-17(25)12-3-2-4-13(9-12)18(19,20)21/h2-4,6-7,9-10H,5,8H2,1H3,(H,22,25). The van der Waals surface area contributed by atoms with Crippen LogP contribution in [-0.4, -0.2) is 18.9 Å². The number of aryl methyl sites for hydroxylation is 1. The van der Waals surface area contributed by atoms with Gasteiger partial charge in [-0.3, -0.25) is 9.59 Å². The Morgan fingerprint density at radius 3 is 2.60 bits per heavy atom. The van der Waals surface area contributed by atoms with Crippen molar-refractivity contribution in [1.82, 2.24) is 0 Å². The third-order valence-corrected chi connectivity index (χ3v) is 4.13. The minimum absolute atomic E-state index is 0.0215. The number of hydrogen-bond donors (Lipinski definition) is 1. The highest BCUT2D eigenvalue weighted by Crippen LogP contribution is 2.31. The highest BCUT2D eigenvalue weighted by atomic mass is 19.4. The summed E-state index contributed by atoms with van der Waals surface area (Å²) >= 11 is 0. The first-order valence-electron chi connectivity index (χ1n) is 7.64. The molecule has 0 fully saturated rings. The van der Waals surface area contributed by atoms with E-state index in [0.29, 0.717) is 18.5 Å². The van der Waals surface area contributed by atoms with Crippen LogP contribution in [0.3, 0.4) is 0 Å². The van der Waals surface area contributed by atoms with E-state index in [-0.39, 0.29) is 11.5 Å². The second kappa shape index (κ2) is 6.23. The second-order valence-electron chi connectivity index (χ2n) is 5.83. The van der Waals surface area contributed by atoms with Crippen LogP contribution in [0.2, 0.25) is 0 Å². The Labute approximate surface area is 142 Å². The molecule has 0 atom stereocenters. The Bertz CT molecular complexity index is 846. The fraction of sp³-hybridized carbons (Fsp3) is 0.222. The Balaban J connectivity index is 1.81. The van der Waals surface area contributed by atoms with Crippen molar-refractivity contribution in [1.29, 1.82) is 0 Å². The Kier molecular flexibility index (Phi) is 4.24. The van der Waals surface area contributed by atoms with Crippen molar-refractivity contribution in [2.75, 3.05) is 17.3 Å². The van der Waals surface area contributed by atoms with Crippen LogP contribution in [-0.2, 0) is 17.4 Å². The molecule has 7 heteroatoms. The Hall–Kier alpha value is -2.83. The predicted molar refractivity (Wildman–Crippen MR) is 87.6 cm³/mol. The molecule has 25 heavy (non-hydrogen) atoms. The molecule has 0 saturated carbocycles. The van der Waals surface area contributed by atoms with E-state index in [4.69, 9.17) is 0 Å². The van der Waals surface area contributed by atoms with E-state index in [9.17, 15) is 22.8 Å². The van der Waals surface area contributed by atoms with Crippen molar-refractivity contribution in [2.45, 2.75) is 19.0 Å². The van der Waals surface area contributed by atoms with Gasteiger partial charge in [0.25, 0.3) is 5.91 Å². The number of carbonyl (C=O) groups is 2. The molecule has 0 saturated heterocycles. The van der Waals surface area contributed by atoms with E-state index in [0.717, 1.165) is 23.4 Å². The van der Waals surface area contributed by atoms with Gasteiger partial charge in [-0.25, -0.2) is 0 Å². The quantitative estimate of drug-likeness (QED) is 0.896. The maximum atomic E-state index is 12.8. The van der Waals surface area contributed by atoms with Crippen molar-refractivity contribution in [3.8, 4) is 0 Å². The van der Waals surface area contributed by atoms with Crippen LogP contribution < -0.4 is 10.2 Å². The predicted octanol–water partition coefficient (Wildman–Crippen LogP) is 3.87. The van der Waals surface area contributed by atoms with Crippen LogP contribution in [0.15, 0.2) is 42.5 Å². The lowest BCUT2D eigenvalue weighted by molar-refractivity contribution is -0.137. The van der Waals surface area contributed by atoms with Gasteiger partial charge in [-0.05, 0) is 48.4 Å². The fourth-order valence-electron chi connectivity index (χ4n) is 2.77. The number of rotatable bonds is 2. The number of fused-ring (bicyclic) bond motifs is 1. The largest absolute Gasteiger partial charge is 0.416 e. The molecule has 0 aliphatic carbocycles. The maximum absolute atomic E-state index is 12.8. The second-order valence-corrected chi connectivity index (χ2v) is 5.83. The maximum Gasteiger partial charge on any atom is 0.416 e. The summed E-state index contributed by atoms with van der Waals surface area (Å²) in [6.07, 6.45) is -3.56. The molecular formula is C18H15F3N2O2. The number of nitrogens with one attached hydrogen (secondary N) is 1. The summed E-state index contributed by atoms with van der Waals surface area (Å²) in [4.78, 5) is 25.5. The molecule has 1 N–H and O–H groups in total. The number of halogens is 3. The van der Waals surface area contributed by atoms with E-state index in [2.05, 4.69) is 5.32 Å². The average Bonchev–Trinajstić information content (AvgIpc) is 2.57. The first kappa shape index (κ1) is 17.0. The molecule has 1 aliphatic rings. The summed E-state index contributed by atoms with van der Waals surface area (Å²) < 4.78 is 38.3. The molecule has 2 aromatic rings. The molecule has 2 amide bonds. The minimum Gasteiger partial charge on any atom is -0.322 e. The third kappa shape index (κ3) is 3.50. The van der Waals surface area contributed by atoms with E-state index >= 15 is 0 Å². The van der Waals surface area contributed by atoms with Gasteiger partial charge >= 0.3 is 6.18 Å². The highest BCUT2D eigenvalue weighted by molar-refractivity contribution is 6.05. The summed E-state index contributed by atoms with van der Waals surface area (Å²) in [5, 5.41) is 2.60. The number of nitrogens with zero attached hydrogens (tertiary/aromatic N) is 1.